The van der Waals surface area contributed by atoms with Crippen molar-refractivity contribution in [1.82, 2.24) is 4.57 Å². The molecule has 0 amide bonds. The number of anilines is 1. The van der Waals surface area contributed by atoms with Crippen LogP contribution in [0.3, 0.4) is 0 Å². The van der Waals surface area contributed by atoms with E-state index in [1.807, 2.05) is 33.4 Å². The summed E-state index contributed by atoms with van der Waals surface area (Å²) in [7, 11) is 0. The van der Waals surface area contributed by atoms with Gasteiger partial charge in [0.2, 0.25) is 0 Å². The number of aromatic nitrogens is 2. The van der Waals surface area contributed by atoms with Crippen LogP contribution in [0, 0.1) is 0 Å². The molecule has 0 fully saturated rings. The van der Waals surface area contributed by atoms with Gasteiger partial charge >= 0.3 is 5.95 Å². The minimum absolute atomic E-state index is 0.162. The Balaban J connectivity index is 1.76. The molecule has 0 spiro atoms. The topological polar surface area (TPSA) is 64.3 Å². The third-order valence-electron chi connectivity index (χ3n) is 3.98. The Hall–Kier alpha value is -2.50. The van der Waals surface area contributed by atoms with Gasteiger partial charge in [-0.2, -0.15) is 0 Å². The van der Waals surface area contributed by atoms with Gasteiger partial charge in [-0.3, -0.25) is 5.73 Å². The molecule has 25 heavy (non-hydrogen) atoms. The average molecular weight is 359 g/mol. The summed E-state index contributed by atoms with van der Waals surface area (Å²) in [4.78, 5) is 0. The normalized spacial score (nSPS) is 12.2. The fourth-order valence-electron chi connectivity index (χ4n) is 2.81. The van der Waals surface area contributed by atoms with Gasteiger partial charge in [-0.1, -0.05) is 36.4 Å². The molecule has 3 N–H and O–H groups in total. The Morgan fingerprint density at radius 3 is 2.68 bits per heavy atom. The Bertz CT molecular complexity index is 874. The van der Waals surface area contributed by atoms with Crippen molar-refractivity contribution in [2.24, 2.45) is 0 Å². The number of nitrogens with two attached hydrogens (primary N) is 1. The number of aliphatic hydroxyl groups is 1. The summed E-state index contributed by atoms with van der Waals surface area (Å²) in [6.45, 7) is 4.89. The minimum Gasteiger partial charge on any atom is -0.491 e. The molecular formula is C19H21ClN3O2+. The van der Waals surface area contributed by atoms with E-state index in [4.69, 9.17) is 22.1 Å². The van der Waals surface area contributed by atoms with Crippen molar-refractivity contribution < 1.29 is 14.4 Å². The van der Waals surface area contributed by atoms with Crippen LogP contribution in [0.25, 0.3) is 11.0 Å². The standard InChI is InChI=1S/C19H20ClN3O2/c1-2-11-22-17-5-3-4-6-18(17)23(19(22)21)12-15(24)13-25-16-9-7-14(20)8-10-16/h2-10,15,21,24H,1,11-13H2/p+1/t15-/m1/s1. The molecule has 0 unspecified atom stereocenters. The number of ether oxygens (including phenoxy) is 1. The molecule has 0 bridgehead atoms. The molecule has 3 rings (SSSR count). The predicted octanol–water partition coefficient (Wildman–Crippen LogP) is 2.79. The zero-order valence-electron chi connectivity index (χ0n) is 13.8. The molecule has 1 heterocycles. The van der Waals surface area contributed by atoms with Crippen LogP contribution in [0.15, 0.2) is 61.2 Å². The molecule has 6 heteroatoms. The van der Waals surface area contributed by atoms with Crippen molar-refractivity contribution in [2.75, 3.05) is 12.3 Å². The zero-order chi connectivity index (χ0) is 17.8. The lowest BCUT2D eigenvalue weighted by atomic mass is 10.3. The maximum Gasteiger partial charge on any atom is 0.356 e. The lowest BCUT2D eigenvalue weighted by Gasteiger charge is -2.12. The number of imidazole rings is 1. The van der Waals surface area contributed by atoms with Crippen LogP contribution in [0.2, 0.25) is 5.02 Å². The van der Waals surface area contributed by atoms with E-state index in [1.54, 1.807) is 30.3 Å². The first-order valence-corrected chi connectivity index (χ1v) is 8.42. The third-order valence-corrected chi connectivity index (χ3v) is 4.23. The fraction of sp³-hybridized carbons (Fsp3) is 0.211. The van der Waals surface area contributed by atoms with E-state index in [0.29, 0.717) is 29.8 Å². The van der Waals surface area contributed by atoms with Crippen LogP contribution in [-0.4, -0.2) is 22.4 Å². The smallest absolute Gasteiger partial charge is 0.356 e. The number of hydrogen-bond donors (Lipinski definition) is 2. The number of rotatable bonds is 7. The summed E-state index contributed by atoms with van der Waals surface area (Å²) < 4.78 is 9.48. The summed E-state index contributed by atoms with van der Waals surface area (Å²) in [5.41, 5.74) is 8.26. The largest absolute Gasteiger partial charge is 0.491 e. The average Bonchev–Trinajstić information content (AvgIpc) is 2.88. The maximum absolute atomic E-state index is 10.4. The molecule has 5 nitrogen and oxygen atoms in total. The summed E-state index contributed by atoms with van der Waals surface area (Å²) >= 11 is 5.85. The van der Waals surface area contributed by atoms with Crippen molar-refractivity contribution in [3.8, 4) is 5.75 Å². The van der Waals surface area contributed by atoms with E-state index < -0.39 is 6.10 Å². The predicted molar refractivity (Wildman–Crippen MR) is 99.7 cm³/mol. The number of para-hydroxylation sites is 2. The highest BCUT2D eigenvalue weighted by Crippen LogP contribution is 2.17. The highest BCUT2D eigenvalue weighted by atomic mass is 35.5. The highest BCUT2D eigenvalue weighted by molar-refractivity contribution is 6.30. The number of benzene rings is 2. The second-order valence-corrected chi connectivity index (χ2v) is 6.21. The number of nitrogens with zero attached hydrogens (tertiary/aromatic N) is 2. The summed E-state index contributed by atoms with van der Waals surface area (Å²) in [5.74, 6) is 1.24. The molecule has 0 saturated carbocycles. The van der Waals surface area contributed by atoms with Crippen molar-refractivity contribution in [3.05, 3.63) is 66.2 Å². The second kappa shape index (κ2) is 7.59. The van der Waals surface area contributed by atoms with E-state index in [1.165, 1.54) is 0 Å². The lowest BCUT2D eigenvalue weighted by molar-refractivity contribution is -0.665. The van der Waals surface area contributed by atoms with Gasteiger partial charge in [-0.15, -0.1) is 0 Å². The second-order valence-electron chi connectivity index (χ2n) is 5.78. The van der Waals surface area contributed by atoms with E-state index in [-0.39, 0.29) is 6.61 Å². The Morgan fingerprint density at radius 2 is 1.96 bits per heavy atom. The van der Waals surface area contributed by atoms with Gasteiger partial charge in [0.25, 0.3) is 0 Å². The minimum atomic E-state index is -0.703. The van der Waals surface area contributed by atoms with Gasteiger partial charge in [-0.25, -0.2) is 9.13 Å². The van der Waals surface area contributed by atoms with Gasteiger partial charge in [0, 0.05) is 5.02 Å². The first-order valence-electron chi connectivity index (χ1n) is 8.04. The van der Waals surface area contributed by atoms with Crippen LogP contribution in [0.1, 0.15) is 0 Å². The molecule has 0 radical (unpaired) electrons. The SMILES string of the molecule is C=CCn1c(N)[n+](C[C@@H](O)COc2ccc(Cl)cc2)c2ccccc21. The molecule has 2 aromatic carbocycles. The maximum atomic E-state index is 10.4. The summed E-state index contributed by atoms with van der Waals surface area (Å²) in [6, 6.07) is 14.9. The van der Waals surface area contributed by atoms with E-state index in [9.17, 15) is 5.11 Å². The summed E-state index contributed by atoms with van der Waals surface area (Å²) in [5, 5.41) is 11.0. The zero-order valence-corrected chi connectivity index (χ0v) is 14.6. The monoisotopic (exact) mass is 358 g/mol. The molecule has 0 aliphatic heterocycles. The first-order chi connectivity index (χ1) is 12.1. The Kier molecular flexibility index (Phi) is 5.26. The molecule has 0 saturated heterocycles. The van der Waals surface area contributed by atoms with Crippen molar-refractivity contribution in [2.45, 2.75) is 19.2 Å². The van der Waals surface area contributed by atoms with Crippen molar-refractivity contribution in [1.29, 1.82) is 0 Å². The highest BCUT2D eigenvalue weighted by Gasteiger charge is 2.22. The van der Waals surface area contributed by atoms with Gasteiger partial charge in [0.05, 0.1) is 6.54 Å². The summed E-state index contributed by atoms with van der Waals surface area (Å²) in [6.07, 6.45) is 1.10. The molecule has 1 aromatic heterocycles. The van der Waals surface area contributed by atoms with Gasteiger partial charge < -0.3 is 9.84 Å². The molecule has 1 atom stereocenters. The third kappa shape index (κ3) is 3.78. The van der Waals surface area contributed by atoms with Crippen molar-refractivity contribution in [3.63, 3.8) is 0 Å². The van der Waals surface area contributed by atoms with Crippen LogP contribution < -0.4 is 15.0 Å². The number of fused-ring (bicyclic) bond motifs is 1. The molecule has 3 aromatic rings. The quantitative estimate of drug-likeness (QED) is 0.504. The first kappa shape index (κ1) is 17.3. The lowest BCUT2D eigenvalue weighted by Crippen LogP contribution is -2.43. The van der Waals surface area contributed by atoms with Crippen LogP contribution >= 0.6 is 11.6 Å². The number of aliphatic hydroxyl groups excluding tert-OH is 1. The van der Waals surface area contributed by atoms with E-state index in [0.717, 1.165) is 11.0 Å². The number of nitrogen functional groups attached to an aromatic ring is 1. The van der Waals surface area contributed by atoms with Gasteiger partial charge in [0.15, 0.2) is 0 Å². The van der Waals surface area contributed by atoms with E-state index >= 15 is 0 Å². The van der Waals surface area contributed by atoms with Crippen molar-refractivity contribution >= 4 is 28.6 Å². The molecule has 0 aliphatic rings. The fourth-order valence-corrected chi connectivity index (χ4v) is 2.94. The Morgan fingerprint density at radius 1 is 1.24 bits per heavy atom. The van der Waals surface area contributed by atoms with Crippen LogP contribution in [0.5, 0.6) is 5.75 Å². The van der Waals surface area contributed by atoms with Gasteiger partial charge in [-0.05, 0) is 36.4 Å². The van der Waals surface area contributed by atoms with E-state index in [2.05, 4.69) is 6.58 Å². The van der Waals surface area contributed by atoms with Crippen LogP contribution in [0.4, 0.5) is 5.95 Å². The van der Waals surface area contributed by atoms with Gasteiger partial charge in [0.1, 0.15) is 36.0 Å². The molecule has 130 valence electrons. The Labute approximate surface area is 151 Å². The number of halogens is 1. The number of hydrogen-bond acceptors (Lipinski definition) is 3. The molecule has 0 aliphatic carbocycles. The van der Waals surface area contributed by atoms with Crippen LogP contribution in [-0.2, 0) is 13.1 Å². The number of allylic oxidation sites excluding steroid dienone is 1. The molecular weight excluding hydrogens is 338 g/mol.